The smallest absolute Gasteiger partial charge is 0.0897 e. The van der Waals surface area contributed by atoms with Gasteiger partial charge in [-0.25, -0.2) is 4.98 Å². The molecule has 0 spiro atoms. The van der Waals surface area contributed by atoms with Crippen LogP contribution in [0.25, 0.3) is 0 Å². The lowest BCUT2D eigenvalue weighted by Crippen LogP contribution is -2.29. The number of hydrogen-bond donors (Lipinski definition) is 2. The molecule has 1 aliphatic rings. The molecule has 1 saturated carbocycles. The highest BCUT2D eigenvalue weighted by molar-refractivity contribution is 7.09. The second-order valence-electron chi connectivity index (χ2n) is 4.65. The molecule has 0 aliphatic heterocycles. The molecule has 0 radical (unpaired) electrons. The van der Waals surface area contributed by atoms with Gasteiger partial charge in [-0.1, -0.05) is 0 Å². The van der Waals surface area contributed by atoms with Crippen LogP contribution >= 0.6 is 11.3 Å². The molecule has 4 heteroatoms. The Kier molecular flexibility index (Phi) is 4.32. The summed E-state index contributed by atoms with van der Waals surface area (Å²) in [6.45, 7) is 4.11. The number of nitrogens with one attached hydrogen (secondary N) is 1. The first kappa shape index (κ1) is 12.0. The molecule has 1 aromatic heterocycles. The molecule has 1 aliphatic carbocycles. The van der Waals surface area contributed by atoms with Crippen molar-refractivity contribution in [1.29, 1.82) is 0 Å². The van der Waals surface area contributed by atoms with Crippen molar-refractivity contribution < 1.29 is 0 Å². The van der Waals surface area contributed by atoms with Gasteiger partial charge in [0.25, 0.3) is 0 Å². The quantitative estimate of drug-likeness (QED) is 0.712. The fraction of sp³-hybridized carbons (Fsp3) is 0.750. The summed E-state index contributed by atoms with van der Waals surface area (Å²) >= 11 is 1.73. The third-order valence-corrected chi connectivity index (χ3v) is 3.93. The van der Waals surface area contributed by atoms with Crippen LogP contribution in [0.4, 0.5) is 0 Å². The minimum Gasteiger partial charge on any atom is -0.327 e. The van der Waals surface area contributed by atoms with Crippen molar-refractivity contribution in [2.45, 2.75) is 38.6 Å². The van der Waals surface area contributed by atoms with Crippen LogP contribution in [-0.2, 0) is 6.42 Å². The number of hydrogen-bond acceptors (Lipinski definition) is 4. The van der Waals surface area contributed by atoms with E-state index in [2.05, 4.69) is 22.6 Å². The Balaban J connectivity index is 1.51. The molecule has 0 saturated heterocycles. The zero-order valence-corrected chi connectivity index (χ0v) is 10.7. The third-order valence-electron chi connectivity index (χ3n) is 3.11. The Labute approximate surface area is 101 Å². The Hall–Kier alpha value is -0.450. The van der Waals surface area contributed by atoms with Crippen molar-refractivity contribution in [2.24, 2.45) is 11.7 Å². The molecule has 1 unspecified atom stereocenters. The maximum absolute atomic E-state index is 6.02. The van der Waals surface area contributed by atoms with Gasteiger partial charge in [0.1, 0.15) is 0 Å². The monoisotopic (exact) mass is 239 g/mol. The molecule has 3 N–H and O–H groups in total. The van der Waals surface area contributed by atoms with Crippen molar-refractivity contribution in [3.05, 3.63) is 16.1 Å². The summed E-state index contributed by atoms with van der Waals surface area (Å²) in [6.07, 6.45) is 4.84. The van der Waals surface area contributed by atoms with Crippen LogP contribution in [0.5, 0.6) is 0 Å². The summed E-state index contributed by atoms with van der Waals surface area (Å²) < 4.78 is 0. The molecular weight excluding hydrogens is 218 g/mol. The normalized spacial score (nSPS) is 17.6. The van der Waals surface area contributed by atoms with Gasteiger partial charge in [-0.05, 0) is 38.6 Å². The lowest BCUT2D eigenvalue weighted by Gasteiger charge is -2.10. The molecule has 1 heterocycles. The van der Waals surface area contributed by atoms with Crippen LogP contribution in [-0.4, -0.2) is 24.1 Å². The third kappa shape index (κ3) is 3.85. The van der Waals surface area contributed by atoms with Gasteiger partial charge in [-0.2, -0.15) is 0 Å². The zero-order valence-electron chi connectivity index (χ0n) is 9.91. The van der Waals surface area contributed by atoms with Crippen molar-refractivity contribution >= 4 is 11.3 Å². The summed E-state index contributed by atoms with van der Waals surface area (Å²) in [5.74, 6) is 0.822. The van der Waals surface area contributed by atoms with E-state index in [-0.39, 0.29) is 0 Å². The van der Waals surface area contributed by atoms with Crippen LogP contribution in [0, 0.1) is 12.8 Å². The Morgan fingerprint density at radius 2 is 2.38 bits per heavy atom. The van der Waals surface area contributed by atoms with E-state index in [1.165, 1.54) is 18.5 Å². The standard InChI is InChI=1S/C12H21N3S/c1-9-15-11(8-16-9)4-6-14-7-5-12(13)10-2-3-10/h8,10,12,14H,2-7,13H2,1H3. The van der Waals surface area contributed by atoms with Crippen LogP contribution < -0.4 is 11.1 Å². The fourth-order valence-corrected chi connectivity index (χ4v) is 2.54. The molecule has 3 nitrogen and oxygen atoms in total. The highest BCUT2D eigenvalue weighted by atomic mass is 32.1. The highest BCUT2D eigenvalue weighted by Gasteiger charge is 2.27. The van der Waals surface area contributed by atoms with E-state index < -0.39 is 0 Å². The molecular formula is C12H21N3S. The molecule has 16 heavy (non-hydrogen) atoms. The zero-order chi connectivity index (χ0) is 11.4. The maximum atomic E-state index is 6.02. The van der Waals surface area contributed by atoms with E-state index in [1.54, 1.807) is 11.3 Å². The first-order valence-electron chi connectivity index (χ1n) is 6.13. The van der Waals surface area contributed by atoms with Gasteiger partial charge in [-0.3, -0.25) is 0 Å². The largest absolute Gasteiger partial charge is 0.327 e. The van der Waals surface area contributed by atoms with Crippen LogP contribution in [0.2, 0.25) is 0 Å². The summed E-state index contributed by atoms with van der Waals surface area (Å²) in [4.78, 5) is 4.44. The summed E-state index contributed by atoms with van der Waals surface area (Å²) in [6, 6.07) is 0.425. The van der Waals surface area contributed by atoms with Crippen LogP contribution in [0.1, 0.15) is 30.0 Å². The number of aryl methyl sites for hydroxylation is 1. The number of rotatable bonds is 7. The van der Waals surface area contributed by atoms with Crippen LogP contribution in [0.3, 0.4) is 0 Å². The highest BCUT2D eigenvalue weighted by Crippen LogP contribution is 2.32. The van der Waals surface area contributed by atoms with E-state index in [0.717, 1.165) is 36.9 Å². The molecule has 90 valence electrons. The van der Waals surface area contributed by atoms with E-state index in [0.29, 0.717) is 6.04 Å². The van der Waals surface area contributed by atoms with Gasteiger partial charge in [-0.15, -0.1) is 11.3 Å². The SMILES string of the molecule is Cc1nc(CCNCCC(N)C2CC2)cs1. The van der Waals surface area contributed by atoms with E-state index in [1.807, 2.05) is 0 Å². The fourth-order valence-electron chi connectivity index (χ4n) is 1.89. The molecule has 1 aromatic rings. The average Bonchev–Trinajstić information content (AvgIpc) is 3.03. The van der Waals surface area contributed by atoms with Gasteiger partial charge in [0.2, 0.25) is 0 Å². The Bertz CT molecular complexity index is 320. The summed E-state index contributed by atoms with van der Waals surface area (Å²) in [5.41, 5.74) is 7.23. The molecule has 1 fully saturated rings. The number of nitrogens with two attached hydrogens (primary N) is 1. The summed E-state index contributed by atoms with van der Waals surface area (Å²) in [5, 5.41) is 6.75. The number of nitrogens with zero attached hydrogens (tertiary/aromatic N) is 1. The first-order valence-corrected chi connectivity index (χ1v) is 7.01. The maximum Gasteiger partial charge on any atom is 0.0897 e. The second-order valence-corrected chi connectivity index (χ2v) is 5.71. The predicted molar refractivity (Wildman–Crippen MR) is 68.7 cm³/mol. The topological polar surface area (TPSA) is 50.9 Å². The number of aromatic nitrogens is 1. The minimum atomic E-state index is 0.425. The van der Waals surface area contributed by atoms with Gasteiger partial charge >= 0.3 is 0 Å². The van der Waals surface area contributed by atoms with E-state index in [9.17, 15) is 0 Å². The Morgan fingerprint density at radius 3 is 3.00 bits per heavy atom. The molecule has 0 aromatic carbocycles. The lowest BCUT2D eigenvalue weighted by molar-refractivity contribution is 0.518. The van der Waals surface area contributed by atoms with Crippen molar-refractivity contribution in [3.8, 4) is 0 Å². The Morgan fingerprint density at radius 1 is 1.56 bits per heavy atom. The van der Waals surface area contributed by atoms with Crippen molar-refractivity contribution in [1.82, 2.24) is 10.3 Å². The molecule has 0 bridgehead atoms. The van der Waals surface area contributed by atoms with E-state index in [4.69, 9.17) is 5.73 Å². The molecule has 0 amide bonds. The predicted octanol–water partition coefficient (Wildman–Crippen LogP) is 1.71. The second kappa shape index (κ2) is 5.75. The van der Waals surface area contributed by atoms with Gasteiger partial charge < -0.3 is 11.1 Å². The molecule has 1 atom stereocenters. The van der Waals surface area contributed by atoms with Crippen LogP contribution in [0.15, 0.2) is 5.38 Å². The van der Waals surface area contributed by atoms with Crippen molar-refractivity contribution in [3.63, 3.8) is 0 Å². The van der Waals surface area contributed by atoms with Gasteiger partial charge in [0, 0.05) is 24.4 Å². The van der Waals surface area contributed by atoms with Gasteiger partial charge in [0.15, 0.2) is 0 Å². The average molecular weight is 239 g/mol. The van der Waals surface area contributed by atoms with Gasteiger partial charge in [0.05, 0.1) is 10.7 Å². The van der Waals surface area contributed by atoms with Crippen molar-refractivity contribution in [2.75, 3.05) is 13.1 Å². The lowest BCUT2D eigenvalue weighted by atomic mass is 10.1. The van der Waals surface area contributed by atoms with E-state index >= 15 is 0 Å². The summed E-state index contributed by atoms with van der Waals surface area (Å²) in [7, 11) is 0. The molecule has 2 rings (SSSR count). The number of thiazole rings is 1. The first-order chi connectivity index (χ1) is 7.75. The minimum absolute atomic E-state index is 0.425.